The van der Waals surface area contributed by atoms with Crippen molar-refractivity contribution in [3.63, 3.8) is 0 Å². The van der Waals surface area contributed by atoms with Crippen LogP contribution in [-0.4, -0.2) is 18.8 Å². The lowest BCUT2D eigenvalue weighted by molar-refractivity contribution is 0.270. The monoisotopic (exact) mass is 234 g/mol. The molecular formula is C12H18N4O. The third kappa shape index (κ3) is 5.01. The fourth-order valence-electron chi connectivity index (χ4n) is 1.13. The van der Waals surface area contributed by atoms with Gasteiger partial charge in [-0.05, 0) is 18.1 Å². The quantitative estimate of drug-likeness (QED) is 0.458. The summed E-state index contributed by atoms with van der Waals surface area (Å²) < 4.78 is 5.65. The van der Waals surface area contributed by atoms with Gasteiger partial charge >= 0.3 is 0 Å². The van der Waals surface area contributed by atoms with E-state index in [1.54, 1.807) is 6.21 Å². The second-order valence-electron chi connectivity index (χ2n) is 4.01. The molecule has 0 fully saturated rings. The van der Waals surface area contributed by atoms with Gasteiger partial charge in [0.05, 0.1) is 12.8 Å². The first-order valence-corrected chi connectivity index (χ1v) is 5.43. The summed E-state index contributed by atoms with van der Waals surface area (Å²) in [6, 6.07) is 7.59. The number of guanidine groups is 1. The molecule has 1 aromatic carbocycles. The molecule has 0 aromatic heterocycles. The predicted molar refractivity (Wildman–Crippen MR) is 70.2 cm³/mol. The van der Waals surface area contributed by atoms with E-state index in [-0.39, 0.29) is 5.96 Å². The second-order valence-corrected chi connectivity index (χ2v) is 4.01. The molecule has 92 valence electrons. The Morgan fingerprint density at radius 1 is 1.35 bits per heavy atom. The van der Waals surface area contributed by atoms with Gasteiger partial charge in [-0.1, -0.05) is 26.0 Å². The Hall–Kier alpha value is -2.04. The Bertz CT molecular complexity index is 409. The number of benzene rings is 1. The van der Waals surface area contributed by atoms with Crippen LogP contribution in [0.2, 0.25) is 0 Å². The van der Waals surface area contributed by atoms with Crippen LogP contribution in [0.15, 0.2) is 34.5 Å². The number of nitrogens with zero attached hydrogens (tertiary/aromatic N) is 2. The lowest BCUT2D eigenvalue weighted by atomic mass is 10.2. The van der Waals surface area contributed by atoms with Crippen molar-refractivity contribution >= 4 is 12.2 Å². The van der Waals surface area contributed by atoms with Gasteiger partial charge in [0.1, 0.15) is 5.75 Å². The molecule has 0 bridgehead atoms. The summed E-state index contributed by atoms with van der Waals surface area (Å²) in [6.07, 6.45) is 1.56. The van der Waals surface area contributed by atoms with Crippen molar-refractivity contribution in [1.82, 2.24) is 0 Å². The third-order valence-electron chi connectivity index (χ3n) is 1.86. The second kappa shape index (κ2) is 6.52. The molecule has 0 radical (unpaired) electrons. The highest BCUT2D eigenvalue weighted by Gasteiger charge is 2.01. The molecule has 0 spiro atoms. The smallest absolute Gasteiger partial charge is 0.211 e. The summed E-state index contributed by atoms with van der Waals surface area (Å²) in [5.74, 6) is 1.18. The van der Waals surface area contributed by atoms with E-state index in [0.717, 1.165) is 11.3 Å². The molecule has 1 aromatic rings. The number of para-hydroxylation sites is 1. The van der Waals surface area contributed by atoms with Crippen molar-refractivity contribution in [1.29, 1.82) is 0 Å². The van der Waals surface area contributed by atoms with Crippen LogP contribution in [-0.2, 0) is 0 Å². The maximum Gasteiger partial charge on any atom is 0.211 e. The van der Waals surface area contributed by atoms with Gasteiger partial charge in [-0.25, -0.2) is 0 Å². The van der Waals surface area contributed by atoms with Crippen LogP contribution in [0.3, 0.4) is 0 Å². The number of hydrogen-bond acceptors (Lipinski definition) is 3. The first-order valence-electron chi connectivity index (χ1n) is 5.43. The van der Waals surface area contributed by atoms with Crippen LogP contribution in [0.5, 0.6) is 5.75 Å². The van der Waals surface area contributed by atoms with Crippen LogP contribution in [0.25, 0.3) is 0 Å². The first-order chi connectivity index (χ1) is 8.09. The molecule has 0 saturated heterocycles. The van der Waals surface area contributed by atoms with Crippen molar-refractivity contribution in [3.8, 4) is 5.75 Å². The fourth-order valence-corrected chi connectivity index (χ4v) is 1.13. The zero-order valence-corrected chi connectivity index (χ0v) is 10.1. The van der Waals surface area contributed by atoms with Gasteiger partial charge in [0.15, 0.2) is 0 Å². The standard InChI is InChI=1S/C12H18N4O/c1-9(2)8-17-11-6-4-3-5-10(11)7-15-16-12(13)14/h3-7,9H,8H2,1-2H3,(H4,13,14,16)/b15-7-. The van der Waals surface area contributed by atoms with Crippen molar-refractivity contribution < 1.29 is 4.74 Å². The Morgan fingerprint density at radius 3 is 2.71 bits per heavy atom. The highest BCUT2D eigenvalue weighted by Crippen LogP contribution is 2.16. The molecular weight excluding hydrogens is 216 g/mol. The predicted octanol–water partition coefficient (Wildman–Crippen LogP) is 1.33. The van der Waals surface area contributed by atoms with E-state index < -0.39 is 0 Å². The molecule has 5 nitrogen and oxygen atoms in total. The van der Waals surface area contributed by atoms with Crippen LogP contribution in [0.1, 0.15) is 19.4 Å². The largest absolute Gasteiger partial charge is 0.493 e. The summed E-state index contributed by atoms with van der Waals surface area (Å²) in [4.78, 5) is 0. The molecule has 17 heavy (non-hydrogen) atoms. The minimum absolute atomic E-state index is 0.0678. The van der Waals surface area contributed by atoms with Gasteiger partial charge in [-0.2, -0.15) is 5.10 Å². The Balaban J connectivity index is 2.77. The Labute approximate surface area is 101 Å². The van der Waals surface area contributed by atoms with Crippen LogP contribution >= 0.6 is 0 Å². The van der Waals surface area contributed by atoms with Crippen molar-refractivity contribution in [2.45, 2.75) is 13.8 Å². The number of rotatable bonds is 5. The molecule has 0 amide bonds. The average Bonchev–Trinajstić information content (AvgIpc) is 2.27. The molecule has 0 unspecified atom stereocenters. The molecule has 0 saturated carbocycles. The summed E-state index contributed by atoms with van der Waals surface area (Å²) >= 11 is 0. The molecule has 0 aliphatic heterocycles. The summed E-state index contributed by atoms with van der Waals surface area (Å²) in [7, 11) is 0. The van der Waals surface area contributed by atoms with Crippen LogP contribution in [0.4, 0.5) is 0 Å². The van der Waals surface area contributed by atoms with Crippen molar-refractivity contribution in [3.05, 3.63) is 29.8 Å². The Kier molecular flexibility index (Phi) is 5.00. The van der Waals surface area contributed by atoms with Crippen LogP contribution < -0.4 is 16.2 Å². The zero-order valence-electron chi connectivity index (χ0n) is 10.1. The minimum Gasteiger partial charge on any atom is -0.493 e. The summed E-state index contributed by atoms with van der Waals surface area (Å²) in [5.41, 5.74) is 11.2. The minimum atomic E-state index is -0.0678. The van der Waals surface area contributed by atoms with Gasteiger partial charge < -0.3 is 16.2 Å². The molecule has 4 N–H and O–H groups in total. The summed E-state index contributed by atoms with van der Waals surface area (Å²) in [6.45, 7) is 4.85. The van der Waals surface area contributed by atoms with E-state index in [9.17, 15) is 0 Å². The molecule has 0 aliphatic carbocycles. The van der Waals surface area contributed by atoms with E-state index in [1.165, 1.54) is 0 Å². The number of hydrogen-bond donors (Lipinski definition) is 2. The van der Waals surface area contributed by atoms with E-state index in [4.69, 9.17) is 16.2 Å². The highest BCUT2D eigenvalue weighted by atomic mass is 16.5. The van der Waals surface area contributed by atoms with E-state index >= 15 is 0 Å². The lowest BCUT2D eigenvalue weighted by Crippen LogP contribution is -2.21. The zero-order chi connectivity index (χ0) is 12.7. The fraction of sp³-hybridized carbons (Fsp3) is 0.333. The molecule has 5 heteroatoms. The van der Waals surface area contributed by atoms with Gasteiger partial charge in [-0.3, -0.25) is 0 Å². The Morgan fingerprint density at radius 2 is 2.06 bits per heavy atom. The van der Waals surface area contributed by atoms with Gasteiger partial charge in [0.25, 0.3) is 0 Å². The normalized spacial score (nSPS) is 10.8. The average molecular weight is 234 g/mol. The van der Waals surface area contributed by atoms with Crippen LogP contribution in [0, 0.1) is 5.92 Å². The molecule has 0 atom stereocenters. The lowest BCUT2D eigenvalue weighted by Gasteiger charge is -2.10. The topological polar surface area (TPSA) is 86.0 Å². The highest BCUT2D eigenvalue weighted by molar-refractivity contribution is 5.84. The first kappa shape index (κ1) is 13.0. The third-order valence-corrected chi connectivity index (χ3v) is 1.86. The van der Waals surface area contributed by atoms with E-state index in [2.05, 4.69) is 24.1 Å². The maximum absolute atomic E-state index is 5.65. The van der Waals surface area contributed by atoms with E-state index in [1.807, 2.05) is 24.3 Å². The van der Waals surface area contributed by atoms with Gasteiger partial charge in [0, 0.05) is 5.56 Å². The molecule has 1 rings (SSSR count). The van der Waals surface area contributed by atoms with Gasteiger partial charge in [0.2, 0.25) is 5.96 Å². The molecule has 0 aliphatic rings. The summed E-state index contributed by atoms with van der Waals surface area (Å²) in [5, 5.41) is 7.30. The van der Waals surface area contributed by atoms with Crippen molar-refractivity contribution in [2.75, 3.05) is 6.61 Å². The van der Waals surface area contributed by atoms with Crippen molar-refractivity contribution in [2.24, 2.45) is 27.6 Å². The SMILES string of the molecule is CC(C)COc1ccccc1/C=N\N=C(N)N. The van der Waals surface area contributed by atoms with E-state index in [0.29, 0.717) is 12.5 Å². The number of ether oxygens (including phenoxy) is 1. The number of nitrogens with two attached hydrogens (primary N) is 2. The maximum atomic E-state index is 5.65. The van der Waals surface area contributed by atoms with Gasteiger partial charge in [-0.15, -0.1) is 5.10 Å². The molecule has 0 heterocycles.